The normalized spacial score (nSPS) is 24.1. The second-order valence-corrected chi connectivity index (χ2v) is 18.5. The summed E-state index contributed by atoms with van der Waals surface area (Å²) in [7, 11) is 12.9. The Morgan fingerprint density at radius 1 is 0.640 bits per heavy atom. The van der Waals surface area contributed by atoms with Crippen LogP contribution in [-0.4, -0.2) is 21.3 Å². The fourth-order valence-electron chi connectivity index (χ4n) is 5.31. The van der Waals surface area contributed by atoms with Crippen molar-refractivity contribution < 1.29 is 13.5 Å². The van der Waals surface area contributed by atoms with Crippen LogP contribution in [0.5, 0.6) is 0 Å². The molecule has 25 heavy (non-hydrogen) atoms. The maximum Gasteiger partial charge on any atom is -0.358 e. The van der Waals surface area contributed by atoms with Gasteiger partial charge in [0.2, 0.25) is 0 Å². The predicted octanol–water partition coefficient (Wildman–Crippen LogP) is 8.20. The summed E-state index contributed by atoms with van der Waals surface area (Å²) in [5, 5.41) is 0. The van der Waals surface area contributed by atoms with Crippen LogP contribution in [0.25, 0.3) is 0 Å². The molecule has 3 saturated carbocycles. The molecule has 3 aliphatic carbocycles. The van der Waals surface area contributed by atoms with E-state index < -0.39 is 13.5 Å². The Balaban J connectivity index is 0.000000462. The monoisotopic (exact) mass is 514 g/mol. The molecule has 152 valence electrons. The van der Waals surface area contributed by atoms with Crippen molar-refractivity contribution in [2.45, 2.75) is 113 Å². The topological polar surface area (TPSA) is 0 Å². The van der Waals surface area contributed by atoms with Crippen molar-refractivity contribution in [2.24, 2.45) is 0 Å². The number of rotatable bonds is 3. The van der Waals surface area contributed by atoms with Gasteiger partial charge in [-0.15, -0.1) is 0 Å². The minimum absolute atomic E-state index is 0. The minimum Gasteiger partial charge on any atom is -0.358 e. The molecule has 0 bridgehead atoms. The molecule has 0 aliphatic heterocycles. The number of hydrogen-bond acceptors (Lipinski definition) is 0. The van der Waals surface area contributed by atoms with Crippen molar-refractivity contribution in [1.29, 1.82) is 0 Å². The van der Waals surface area contributed by atoms with E-state index in [1.54, 1.807) is 101 Å². The standard InChI is InChI=1S/C18H33P.CH3P.CH3.2ClH.Ru/c1-4-10-16(11-5-1)19(17-12-6-2-7-13-17)18-14-8-3-9-15-18;1-2;;;;/h16-18H,1-15H2;1H,2H2;1H3;2*1H;/q;;-1;;;+2/p-1. The zero-order chi connectivity index (χ0) is 17.2. The second kappa shape index (κ2) is 14.9. The molecule has 1 unspecified atom stereocenters. The van der Waals surface area contributed by atoms with Crippen LogP contribution in [0.15, 0.2) is 0 Å². The Morgan fingerprint density at radius 2 is 0.880 bits per heavy atom. The van der Waals surface area contributed by atoms with Gasteiger partial charge >= 0.3 is 46.5 Å². The van der Waals surface area contributed by atoms with Gasteiger partial charge in [-0.3, -0.25) is 0 Å². The van der Waals surface area contributed by atoms with E-state index in [0.717, 1.165) is 0 Å². The fourth-order valence-corrected chi connectivity index (χ4v) is 10.5. The third-order valence-electron chi connectivity index (χ3n) is 6.32. The molecule has 0 N–H and O–H groups in total. The third kappa shape index (κ3) is 9.32. The largest absolute Gasteiger partial charge is 0.358 e. The van der Waals surface area contributed by atoms with E-state index in [4.69, 9.17) is 19.4 Å². The Kier molecular flexibility index (Phi) is 14.8. The van der Waals surface area contributed by atoms with Crippen molar-refractivity contribution >= 4 is 40.9 Å². The van der Waals surface area contributed by atoms with Gasteiger partial charge in [0.15, 0.2) is 0 Å². The van der Waals surface area contributed by atoms with Crippen LogP contribution in [-0.2, 0) is 13.5 Å². The van der Waals surface area contributed by atoms with Gasteiger partial charge in [0, 0.05) is 7.92 Å². The fraction of sp³-hybridized carbons (Fsp3) is 0.900. The van der Waals surface area contributed by atoms with Gasteiger partial charge < -0.3 is 7.43 Å². The molecular weight excluding hydrogens is 474 g/mol. The van der Waals surface area contributed by atoms with Crippen molar-refractivity contribution in [2.75, 3.05) is 0 Å². The quantitative estimate of drug-likeness (QED) is 0.202. The van der Waals surface area contributed by atoms with Crippen LogP contribution in [0.4, 0.5) is 0 Å². The molecule has 0 radical (unpaired) electrons. The van der Waals surface area contributed by atoms with E-state index >= 15 is 0 Å². The first-order valence-electron chi connectivity index (χ1n) is 10.1. The van der Waals surface area contributed by atoms with Crippen LogP contribution < -0.4 is 0 Å². The SMILES string of the molecule is C1CCC([PH+](C2CCCCC2)C2CCCCC2)CC1.P[CH]=[Ru]([Cl])[Cl].[CH3-]. The van der Waals surface area contributed by atoms with Gasteiger partial charge in [-0.05, 0) is 77.0 Å². The van der Waals surface area contributed by atoms with Gasteiger partial charge in [0.25, 0.3) is 0 Å². The molecular formula is C20H40Cl2P2Ru. The molecule has 0 amide bonds. The van der Waals surface area contributed by atoms with Gasteiger partial charge in [-0.25, -0.2) is 0 Å². The van der Waals surface area contributed by atoms with Crippen LogP contribution in [0.2, 0.25) is 0 Å². The minimum atomic E-state index is -1.40. The Hall–Kier alpha value is 1.93. The summed E-state index contributed by atoms with van der Waals surface area (Å²) in [5.41, 5.74) is 3.68. The van der Waals surface area contributed by atoms with Crippen molar-refractivity contribution in [3.8, 4) is 0 Å². The summed E-state index contributed by atoms with van der Waals surface area (Å²) in [6, 6.07) is 0. The molecule has 0 aromatic rings. The predicted molar refractivity (Wildman–Crippen MR) is 123 cm³/mol. The second-order valence-electron chi connectivity index (χ2n) is 7.83. The Morgan fingerprint density at radius 3 is 1.08 bits per heavy atom. The van der Waals surface area contributed by atoms with Gasteiger partial charge in [-0.1, -0.05) is 19.3 Å². The summed E-state index contributed by atoms with van der Waals surface area (Å²) in [6.45, 7) is 0. The molecule has 0 saturated heterocycles. The molecule has 3 aliphatic rings. The van der Waals surface area contributed by atoms with E-state index in [-0.39, 0.29) is 15.3 Å². The maximum atomic E-state index is 5.29. The van der Waals surface area contributed by atoms with Gasteiger partial charge in [-0.2, -0.15) is 0 Å². The Bertz CT molecular complexity index is 314. The van der Waals surface area contributed by atoms with E-state index in [2.05, 4.69) is 9.24 Å². The summed E-state index contributed by atoms with van der Waals surface area (Å²) in [5.74, 6) is 0. The molecule has 3 rings (SSSR count). The zero-order valence-corrected chi connectivity index (χ0v) is 21.5. The molecule has 0 heterocycles. The van der Waals surface area contributed by atoms with E-state index in [1.165, 1.54) is 17.0 Å². The summed E-state index contributed by atoms with van der Waals surface area (Å²) >= 11 is -1.40. The summed E-state index contributed by atoms with van der Waals surface area (Å²) in [6.07, 6.45) is 23.8. The van der Waals surface area contributed by atoms with E-state index in [0.29, 0.717) is 0 Å². The van der Waals surface area contributed by atoms with Crippen molar-refractivity contribution in [1.82, 2.24) is 0 Å². The molecule has 0 aromatic carbocycles. The van der Waals surface area contributed by atoms with Crippen molar-refractivity contribution in [3.05, 3.63) is 7.43 Å². The first-order chi connectivity index (χ1) is 11.7. The average Bonchev–Trinajstić information content (AvgIpc) is 2.65. The maximum absolute atomic E-state index is 5.29. The number of hydrogen-bond donors (Lipinski definition) is 0. The first kappa shape index (κ1) is 25.0. The molecule has 5 heteroatoms. The van der Waals surface area contributed by atoms with Crippen LogP contribution in [0.1, 0.15) is 96.3 Å². The molecule has 0 nitrogen and oxygen atoms in total. The van der Waals surface area contributed by atoms with Gasteiger partial charge in [0.1, 0.15) is 0 Å². The number of halogens is 2. The summed E-state index contributed by atoms with van der Waals surface area (Å²) in [4.78, 5) is 0. The molecule has 0 aromatic heterocycles. The zero-order valence-electron chi connectivity index (χ0n) is 16.1. The van der Waals surface area contributed by atoms with Crippen molar-refractivity contribution in [3.63, 3.8) is 0 Å². The van der Waals surface area contributed by atoms with Crippen LogP contribution >= 0.6 is 36.5 Å². The van der Waals surface area contributed by atoms with Crippen LogP contribution in [0.3, 0.4) is 0 Å². The molecule has 1 atom stereocenters. The summed E-state index contributed by atoms with van der Waals surface area (Å²) < 4.78 is 1.76. The molecule has 0 spiro atoms. The first-order valence-corrected chi connectivity index (χ1v) is 18.0. The van der Waals surface area contributed by atoms with E-state index in [9.17, 15) is 0 Å². The van der Waals surface area contributed by atoms with E-state index in [1.807, 2.05) is 0 Å². The molecule has 3 fully saturated rings. The third-order valence-corrected chi connectivity index (χ3v) is 15.5. The average molecular weight is 514 g/mol. The van der Waals surface area contributed by atoms with Crippen LogP contribution in [0, 0.1) is 7.43 Å². The smallest absolute Gasteiger partial charge is 0.358 e. The Labute approximate surface area is 174 Å². The van der Waals surface area contributed by atoms with Gasteiger partial charge in [0.05, 0.1) is 17.0 Å².